The molecule has 1 aliphatic heterocycles. The fourth-order valence-electron chi connectivity index (χ4n) is 3.84. The lowest BCUT2D eigenvalue weighted by Crippen LogP contribution is -2.57. The minimum Gasteiger partial charge on any atom is -0.484 e. The second-order valence-corrected chi connectivity index (χ2v) is 8.54. The zero-order chi connectivity index (χ0) is 23.4. The number of carbonyl (C=O) groups excluding carboxylic acids is 3. The lowest BCUT2D eigenvalue weighted by Gasteiger charge is -2.39. The maximum atomic E-state index is 13.2. The van der Waals surface area contributed by atoms with Gasteiger partial charge in [0.05, 0.1) is 11.1 Å². The zero-order valence-corrected chi connectivity index (χ0v) is 19.6. The predicted octanol–water partition coefficient (Wildman–Crippen LogP) is 2.97. The van der Waals surface area contributed by atoms with Gasteiger partial charge in [-0.05, 0) is 36.4 Å². The second kappa shape index (κ2) is 9.99. The maximum absolute atomic E-state index is 13.2. The fraction of sp³-hybridized carbons (Fsp3) is 0.250. The van der Waals surface area contributed by atoms with Crippen LogP contribution in [0.15, 0.2) is 59.2 Å². The third-order valence-electron chi connectivity index (χ3n) is 5.61. The van der Waals surface area contributed by atoms with E-state index in [4.69, 9.17) is 4.74 Å². The SMILES string of the molecule is CNc1ccc(Br)cc1C(=O)N1CCN(C(=O)COc2ccc3cccnc3c2)CC1C=O. The molecule has 170 valence electrons. The molecule has 1 N–H and O–H groups in total. The van der Waals surface area contributed by atoms with Crippen LogP contribution in [0.2, 0.25) is 0 Å². The number of hydrogen-bond donors (Lipinski definition) is 1. The summed E-state index contributed by atoms with van der Waals surface area (Å²) >= 11 is 3.39. The molecule has 1 atom stereocenters. The topological polar surface area (TPSA) is 91.8 Å². The van der Waals surface area contributed by atoms with Crippen LogP contribution >= 0.6 is 15.9 Å². The summed E-state index contributed by atoms with van der Waals surface area (Å²) in [5.74, 6) is 0.0442. The highest BCUT2D eigenvalue weighted by Crippen LogP contribution is 2.24. The molecule has 2 amide bonds. The molecule has 1 aliphatic rings. The number of fused-ring (bicyclic) bond motifs is 1. The molecule has 1 unspecified atom stereocenters. The number of pyridine rings is 1. The average Bonchev–Trinajstić information content (AvgIpc) is 2.86. The van der Waals surface area contributed by atoms with Gasteiger partial charge in [0.25, 0.3) is 11.8 Å². The van der Waals surface area contributed by atoms with Crippen LogP contribution < -0.4 is 10.1 Å². The number of ether oxygens (including phenoxy) is 1. The lowest BCUT2D eigenvalue weighted by atomic mass is 10.1. The van der Waals surface area contributed by atoms with Crippen molar-refractivity contribution in [3.05, 3.63) is 64.8 Å². The van der Waals surface area contributed by atoms with Crippen molar-refractivity contribution in [2.45, 2.75) is 6.04 Å². The van der Waals surface area contributed by atoms with E-state index >= 15 is 0 Å². The molecule has 33 heavy (non-hydrogen) atoms. The van der Waals surface area contributed by atoms with Crippen LogP contribution in [-0.4, -0.2) is 72.2 Å². The Morgan fingerprint density at radius 2 is 2.06 bits per heavy atom. The molecule has 8 nitrogen and oxygen atoms in total. The van der Waals surface area contributed by atoms with Crippen molar-refractivity contribution >= 4 is 50.6 Å². The van der Waals surface area contributed by atoms with E-state index in [1.807, 2.05) is 24.3 Å². The summed E-state index contributed by atoms with van der Waals surface area (Å²) < 4.78 is 6.44. The number of nitrogens with one attached hydrogen (secondary N) is 1. The molecule has 0 spiro atoms. The van der Waals surface area contributed by atoms with Gasteiger partial charge in [-0.15, -0.1) is 0 Å². The first-order valence-corrected chi connectivity index (χ1v) is 11.3. The number of carbonyl (C=O) groups is 3. The summed E-state index contributed by atoms with van der Waals surface area (Å²) in [6.07, 6.45) is 2.41. The molecule has 9 heteroatoms. The van der Waals surface area contributed by atoms with Crippen LogP contribution in [0.5, 0.6) is 5.75 Å². The Hall–Kier alpha value is -3.46. The number of aldehydes is 1. The van der Waals surface area contributed by atoms with Gasteiger partial charge in [-0.3, -0.25) is 14.6 Å². The normalized spacial score (nSPS) is 15.9. The number of piperazine rings is 1. The molecular formula is C24H23BrN4O4. The van der Waals surface area contributed by atoms with Crippen LogP contribution in [-0.2, 0) is 9.59 Å². The predicted molar refractivity (Wildman–Crippen MR) is 128 cm³/mol. The summed E-state index contributed by atoms with van der Waals surface area (Å²) in [7, 11) is 1.74. The monoisotopic (exact) mass is 510 g/mol. The van der Waals surface area contributed by atoms with Crippen molar-refractivity contribution in [1.29, 1.82) is 0 Å². The summed E-state index contributed by atoms with van der Waals surface area (Å²) in [4.78, 5) is 45.1. The summed E-state index contributed by atoms with van der Waals surface area (Å²) in [5.41, 5.74) is 1.92. The Morgan fingerprint density at radius 3 is 2.85 bits per heavy atom. The van der Waals surface area contributed by atoms with Gasteiger partial charge in [0.2, 0.25) is 0 Å². The molecule has 0 aliphatic carbocycles. The molecule has 0 bridgehead atoms. The van der Waals surface area contributed by atoms with Gasteiger partial charge in [0.15, 0.2) is 6.61 Å². The van der Waals surface area contributed by atoms with Crippen molar-refractivity contribution in [2.24, 2.45) is 0 Å². The minimum atomic E-state index is -0.733. The average molecular weight is 511 g/mol. The molecule has 2 heterocycles. The molecule has 2 aromatic carbocycles. The number of hydrogen-bond acceptors (Lipinski definition) is 6. The number of rotatable bonds is 6. The van der Waals surface area contributed by atoms with E-state index in [0.717, 1.165) is 15.4 Å². The van der Waals surface area contributed by atoms with E-state index in [1.54, 1.807) is 42.4 Å². The Kier molecular flexibility index (Phi) is 6.88. The Labute approximate surface area is 199 Å². The minimum absolute atomic E-state index is 0.125. The summed E-state index contributed by atoms with van der Waals surface area (Å²) in [6.45, 7) is 0.539. The third kappa shape index (κ3) is 4.98. The van der Waals surface area contributed by atoms with E-state index < -0.39 is 6.04 Å². The Bertz CT molecular complexity index is 1200. The van der Waals surface area contributed by atoms with Crippen molar-refractivity contribution in [1.82, 2.24) is 14.8 Å². The van der Waals surface area contributed by atoms with E-state index in [-0.39, 0.29) is 31.5 Å². The van der Waals surface area contributed by atoms with Crippen molar-refractivity contribution < 1.29 is 19.1 Å². The van der Waals surface area contributed by atoms with Gasteiger partial charge in [0, 0.05) is 54.5 Å². The molecular weight excluding hydrogens is 488 g/mol. The van der Waals surface area contributed by atoms with E-state index in [2.05, 4.69) is 26.2 Å². The quantitative estimate of drug-likeness (QED) is 0.512. The van der Waals surface area contributed by atoms with Crippen LogP contribution in [0.3, 0.4) is 0 Å². The lowest BCUT2D eigenvalue weighted by molar-refractivity contribution is -0.136. The van der Waals surface area contributed by atoms with Crippen LogP contribution in [0.4, 0.5) is 5.69 Å². The number of aromatic nitrogens is 1. The standard InChI is InChI=1S/C24H23BrN4O4/c1-26-21-7-5-17(25)11-20(21)24(32)29-10-9-28(13-18(29)14-30)23(31)15-33-19-6-4-16-3-2-8-27-22(16)12-19/h2-8,11-12,14,18,26H,9-10,13,15H2,1H3. The first-order valence-electron chi connectivity index (χ1n) is 10.5. The summed E-state index contributed by atoms with van der Waals surface area (Å²) in [6, 6.07) is 13.9. The summed E-state index contributed by atoms with van der Waals surface area (Å²) in [5, 5.41) is 3.99. The van der Waals surface area contributed by atoms with Crippen LogP contribution in [0.1, 0.15) is 10.4 Å². The van der Waals surface area contributed by atoms with Gasteiger partial charge in [-0.25, -0.2) is 0 Å². The largest absolute Gasteiger partial charge is 0.484 e. The number of amides is 2. The van der Waals surface area contributed by atoms with Gasteiger partial charge in [-0.1, -0.05) is 22.0 Å². The van der Waals surface area contributed by atoms with E-state index in [1.165, 1.54) is 4.90 Å². The zero-order valence-electron chi connectivity index (χ0n) is 18.0. The first kappa shape index (κ1) is 22.7. The van der Waals surface area contributed by atoms with Crippen molar-refractivity contribution in [2.75, 3.05) is 38.6 Å². The Morgan fingerprint density at radius 1 is 1.21 bits per heavy atom. The smallest absolute Gasteiger partial charge is 0.260 e. The molecule has 3 aromatic rings. The number of benzene rings is 2. The molecule has 4 rings (SSSR count). The third-order valence-corrected chi connectivity index (χ3v) is 6.10. The van der Waals surface area contributed by atoms with Crippen molar-refractivity contribution in [3.63, 3.8) is 0 Å². The van der Waals surface area contributed by atoms with Crippen LogP contribution in [0.25, 0.3) is 10.9 Å². The first-order chi connectivity index (χ1) is 16.0. The highest BCUT2D eigenvalue weighted by Gasteiger charge is 2.33. The highest BCUT2D eigenvalue weighted by molar-refractivity contribution is 9.10. The van der Waals surface area contributed by atoms with E-state index in [0.29, 0.717) is 29.8 Å². The van der Waals surface area contributed by atoms with Gasteiger partial charge < -0.3 is 24.6 Å². The Balaban J connectivity index is 1.40. The van der Waals surface area contributed by atoms with Crippen LogP contribution in [0, 0.1) is 0 Å². The molecule has 1 aromatic heterocycles. The molecule has 1 fully saturated rings. The number of anilines is 1. The second-order valence-electron chi connectivity index (χ2n) is 7.63. The van der Waals surface area contributed by atoms with E-state index in [9.17, 15) is 14.4 Å². The van der Waals surface area contributed by atoms with Gasteiger partial charge >= 0.3 is 0 Å². The van der Waals surface area contributed by atoms with Crippen molar-refractivity contribution in [3.8, 4) is 5.75 Å². The fourth-order valence-corrected chi connectivity index (χ4v) is 4.20. The van der Waals surface area contributed by atoms with Gasteiger partial charge in [-0.2, -0.15) is 0 Å². The van der Waals surface area contributed by atoms with Gasteiger partial charge in [0.1, 0.15) is 18.1 Å². The number of nitrogens with zero attached hydrogens (tertiary/aromatic N) is 3. The highest BCUT2D eigenvalue weighted by atomic mass is 79.9. The number of halogens is 1. The maximum Gasteiger partial charge on any atom is 0.260 e. The molecule has 0 saturated carbocycles. The molecule has 0 radical (unpaired) electrons. The molecule has 1 saturated heterocycles.